The third-order valence-corrected chi connectivity index (χ3v) is 3.65. The van der Waals surface area contributed by atoms with E-state index in [4.69, 9.17) is 4.52 Å². The highest BCUT2D eigenvalue weighted by Gasteiger charge is 2.15. The number of aryl methyl sites for hydroxylation is 3. The number of anilines is 1. The lowest BCUT2D eigenvalue weighted by molar-refractivity contribution is 0.219. The van der Waals surface area contributed by atoms with Crippen LogP contribution in [0.4, 0.5) is 10.5 Å². The van der Waals surface area contributed by atoms with Gasteiger partial charge in [0.1, 0.15) is 11.5 Å². The molecule has 0 unspecified atom stereocenters. The molecule has 2 amide bonds. The van der Waals surface area contributed by atoms with E-state index in [9.17, 15) is 4.79 Å². The van der Waals surface area contributed by atoms with E-state index >= 15 is 0 Å². The first-order valence-electron chi connectivity index (χ1n) is 7.60. The summed E-state index contributed by atoms with van der Waals surface area (Å²) in [4.78, 5) is 14.0. The molecule has 0 bridgehead atoms. The van der Waals surface area contributed by atoms with Crippen LogP contribution >= 0.6 is 0 Å². The number of amides is 2. The molecule has 0 spiro atoms. The predicted molar refractivity (Wildman–Crippen MR) is 86.9 cm³/mol. The third-order valence-electron chi connectivity index (χ3n) is 3.65. The van der Waals surface area contributed by atoms with Gasteiger partial charge < -0.3 is 14.7 Å². The Morgan fingerprint density at radius 3 is 2.41 bits per heavy atom. The van der Waals surface area contributed by atoms with Crippen LogP contribution < -0.4 is 5.32 Å². The highest BCUT2D eigenvalue weighted by molar-refractivity contribution is 5.91. The van der Waals surface area contributed by atoms with Gasteiger partial charge in [0.25, 0.3) is 0 Å². The van der Waals surface area contributed by atoms with Crippen molar-refractivity contribution in [1.29, 1.82) is 0 Å². The number of nitrogens with zero attached hydrogens (tertiary/aromatic N) is 2. The van der Waals surface area contributed by atoms with Crippen molar-refractivity contribution in [2.45, 2.75) is 40.2 Å². The van der Waals surface area contributed by atoms with Gasteiger partial charge in [0, 0.05) is 18.8 Å². The van der Waals surface area contributed by atoms with Gasteiger partial charge in [0.15, 0.2) is 0 Å². The van der Waals surface area contributed by atoms with E-state index in [0.717, 1.165) is 41.1 Å². The molecule has 1 N–H and O–H groups in total. The van der Waals surface area contributed by atoms with Gasteiger partial charge in [0.05, 0.1) is 6.54 Å². The van der Waals surface area contributed by atoms with Gasteiger partial charge in [-0.25, -0.2) is 4.79 Å². The molecule has 1 aromatic heterocycles. The van der Waals surface area contributed by atoms with Crippen molar-refractivity contribution in [2.75, 3.05) is 12.4 Å². The number of carbonyl (C=O) groups excluding carboxylic acids is 1. The average molecular weight is 301 g/mol. The number of rotatable bonds is 5. The van der Waals surface area contributed by atoms with E-state index in [1.54, 1.807) is 11.9 Å². The molecule has 0 fully saturated rings. The molecule has 0 aliphatic carbocycles. The van der Waals surface area contributed by atoms with Crippen molar-refractivity contribution in [3.8, 4) is 0 Å². The number of nitrogens with one attached hydrogen (secondary N) is 1. The highest BCUT2D eigenvalue weighted by Crippen LogP contribution is 2.23. The van der Waals surface area contributed by atoms with E-state index in [0.29, 0.717) is 6.54 Å². The Hall–Kier alpha value is -2.30. The van der Waals surface area contributed by atoms with E-state index < -0.39 is 0 Å². The highest BCUT2D eigenvalue weighted by atomic mass is 16.5. The number of hydrogen-bond donors (Lipinski definition) is 1. The third kappa shape index (κ3) is 3.67. The molecule has 0 atom stereocenters. The maximum atomic E-state index is 12.4. The van der Waals surface area contributed by atoms with Crippen molar-refractivity contribution >= 4 is 11.7 Å². The summed E-state index contributed by atoms with van der Waals surface area (Å²) in [5, 5.41) is 6.95. The Bertz CT molecular complexity index is 627. The van der Waals surface area contributed by atoms with Gasteiger partial charge in [-0.05, 0) is 30.9 Å². The van der Waals surface area contributed by atoms with Crippen LogP contribution in [0, 0.1) is 6.92 Å². The summed E-state index contributed by atoms with van der Waals surface area (Å²) in [6, 6.07) is 7.83. The fraction of sp³-hybridized carbons (Fsp3) is 0.412. The zero-order valence-corrected chi connectivity index (χ0v) is 13.6. The number of carbonyl (C=O) groups is 1. The molecule has 5 nitrogen and oxygen atoms in total. The van der Waals surface area contributed by atoms with Crippen molar-refractivity contribution < 1.29 is 9.32 Å². The summed E-state index contributed by atoms with van der Waals surface area (Å²) >= 11 is 0. The molecule has 1 aromatic carbocycles. The van der Waals surface area contributed by atoms with Gasteiger partial charge >= 0.3 is 6.03 Å². The van der Waals surface area contributed by atoms with Crippen molar-refractivity contribution in [1.82, 2.24) is 10.1 Å². The van der Waals surface area contributed by atoms with Crippen molar-refractivity contribution in [2.24, 2.45) is 0 Å². The lowest BCUT2D eigenvalue weighted by Gasteiger charge is -2.20. The molecule has 2 rings (SSSR count). The smallest absolute Gasteiger partial charge is 0.321 e. The largest absolute Gasteiger partial charge is 0.361 e. The van der Waals surface area contributed by atoms with Crippen LogP contribution in [-0.4, -0.2) is 23.1 Å². The Labute approximate surface area is 131 Å². The molecule has 5 heteroatoms. The lowest BCUT2D eigenvalue weighted by atomic mass is 10.0. The first-order chi connectivity index (χ1) is 10.5. The molecule has 1 heterocycles. The molecule has 2 aromatic rings. The standard InChI is InChI=1S/C17H23N3O2/c1-5-13-8-7-9-14(6-2)16(13)18-17(21)20(4)11-15-10-12(3)22-19-15/h7-10H,5-6,11H2,1-4H3,(H,18,21). The zero-order valence-electron chi connectivity index (χ0n) is 13.6. The number of hydrogen-bond acceptors (Lipinski definition) is 3. The maximum absolute atomic E-state index is 12.4. The SMILES string of the molecule is CCc1cccc(CC)c1NC(=O)N(C)Cc1cc(C)on1. The van der Waals surface area contributed by atoms with Gasteiger partial charge in [-0.3, -0.25) is 0 Å². The molecule has 0 saturated heterocycles. The normalized spacial score (nSPS) is 10.5. The minimum Gasteiger partial charge on any atom is -0.361 e. The summed E-state index contributed by atoms with van der Waals surface area (Å²) in [5.41, 5.74) is 3.98. The van der Waals surface area contributed by atoms with Crippen LogP contribution in [0.15, 0.2) is 28.8 Å². The fourth-order valence-electron chi connectivity index (χ4n) is 2.41. The van der Waals surface area contributed by atoms with E-state index in [1.165, 1.54) is 0 Å². The molecule has 0 radical (unpaired) electrons. The summed E-state index contributed by atoms with van der Waals surface area (Å²) in [7, 11) is 1.75. The second-order valence-electron chi connectivity index (χ2n) is 5.37. The van der Waals surface area contributed by atoms with Crippen LogP contribution in [-0.2, 0) is 19.4 Å². The molecular formula is C17H23N3O2. The van der Waals surface area contributed by atoms with Crippen LogP contribution in [0.3, 0.4) is 0 Å². The zero-order chi connectivity index (χ0) is 16.1. The first-order valence-corrected chi connectivity index (χ1v) is 7.60. The monoisotopic (exact) mass is 301 g/mol. The van der Waals surface area contributed by atoms with Crippen molar-refractivity contribution in [3.63, 3.8) is 0 Å². The number of benzene rings is 1. The van der Waals surface area contributed by atoms with Crippen LogP contribution in [0.1, 0.15) is 36.4 Å². The minimum absolute atomic E-state index is 0.142. The first kappa shape index (κ1) is 16.1. The Balaban J connectivity index is 2.11. The van der Waals surface area contributed by atoms with Crippen LogP contribution in [0.25, 0.3) is 0 Å². The molecule has 0 aliphatic heterocycles. The second kappa shape index (κ2) is 7.11. The predicted octanol–water partition coefficient (Wildman–Crippen LogP) is 3.77. The minimum atomic E-state index is -0.142. The van der Waals surface area contributed by atoms with Crippen LogP contribution in [0.2, 0.25) is 0 Å². The van der Waals surface area contributed by atoms with E-state index in [1.807, 2.05) is 19.1 Å². The summed E-state index contributed by atoms with van der Waals surface area (Å²) in [6.45, 7) is 6.43. The molecule has 0 aliphatic rings. The van der Waals surface area contributed by atoms with Gasteiger partial charge in [-0.15, -0.1) is 0 Å². The summed E-state index contributed by atoms with van der Waals surface area (Å²) in [6.07, 6.45) is 1.77. The molecular weight excluding hydrogens is 278 g/mol. The lowest BCUT2D eigenvalue weighted by Crippen LogP contribution is -2.31. The molecule has 118 valence electrons. The Morgan fingerprint density at radius 2 is 1.91 bits per heavy atom. The van der Waals surface area contributed by atoms with Crippen LogP contribution in [0.5, 0.6) is 0 Å². The Morgan fingerprint density at radius 1 is 1.27 bits per heavy atom. The number of urea groups is 1. The maximum Gasteiger partial charge on any atom is 0.321 e. The molecule has 22 heavy (non-hydrogen) atoms. The van der Waals surface area contributed by atoms with Gasteiger partial charge in [-0.1, -0.05) is 37.2 Å². The Kier molecular flexibility index (Phi) is 5.20. The number of aromatic nitrogens is 1. The van der Waals surface area contributed by atoms with E-state index in [-0.39, 0.29) is 6.03 Å². The quantitative estimate of drug-likeness (QED) is 0.914. The topological polar surface area (TPSA) is 58.4 Å². The summed E-state index contributed by atoms with van der Waals surface area (Å²) < 4.78 is 5.03. The number of para-hydroxylation sites is 1. The second-order valence-corrected chi connectivity index (χ2v) is 5.37. The average Bonchev–Trinajstić information content (AvgIpc) is 2.92. The fourth-order valence-corrected chi connectivity index (χ4v) is 2.41. The van der Waals surface area contributed by atoms with E-state index in [2.05, 4.69) is 36.5 Å². The van der Waals surface area contributed by atoms with Gasteiger partial charge in [-0.2, -0.15) is 0 Å². The summed E-state index contributed by atoms with van der Waals surface area (Å²) in [5.74, 6) is 0.744. The molecule has 0 saturated carbocycles. The van der Waals surface area contributed by atoms with Crippen molar-refractivity contribution in [3.05, 3.63) is 46.8 Å². The van der Waals surface area contributed by atoms with Gasteiger partial charge in [0.2, 0.25) is 0 Å².